The van der Waals surface area contributed by atoms with E-state index in [9.17, 15) is 0 Å². The van der Waals surface area contributed by atoms with Gasteiger partial charge in [0.15, 0.2) is 5.82 Å². The molecule has 1 aliphatic heterocycles. The minimum atomic E-state index is 0.533. The summed E-state index contributed by atoms with van der Waals surface area (Å²) >= 11 is 0. The number of aryl methyl sites for hydroxylation is 1. The SMILES string of the molecule is COc1ccc(CN(Cc2ccc(OC)cc2)c2nc(C)nc(-c3cc(CN4CCNCC4)cnc3Nc3ccc(OC)nc3)n2)cc1. The van der Waals surface area contributed by atoms with E-state index in [-0.39, 0.29) is 0 Å². The van der Waals surface area contributed by atoms with Crippen LogP contribution in [0.1, 0.15) is 22.5 Å². The van der Waals surface area contributed by atoms with Crippen LogP contribution in [-0.2, 0) is 19.6 Å². The summed E-state index contributed by atoms with van der Waals surface area (Å²) in [6.07, 6.45) is 3.63. The summed E-state index contributed by atoms with van der Waals surface area (Å²) in [5.74, 6) is 4.47. The molecule has 0 unspecified atom stereocenters. The van der Waals surface area contributed by atoms with Crippen molar-refractivity contribution in [2.45, 2.75) is 26.6 Å². The maximum Gasteiger partial charge on any atom is 0.229 e. The molecular formula is C36H41N9O3. The van der Waals surface area contributed by atoms with Gasteiger partial charge in [-0.2, -0.15) is 9.97 Å². The summed E-state index contributed by atoms with van der Waals surface area (Å²) < 4.78 is 16.0. The van der Waals surface area contributed by atoms with Crippen LogP contribution in [0.5, 0.6) is 17.4 Å². The van der Waals surface area contributed by atoms with Crippen LogP contribution < -0.4 is 29.7 Å². The van der Waals surface area contributed by atoms with E-state index in [0.717, 1.165) is 72.2 Å². The number of hydrogen-bond acceptors (Lipinski definition) is 12. The molecule has 2 aromatic carbocycles. The lowest BCUT2D eigenvalue weighted by molar-refractivity contribution is 0.233. The topological polar surface area (TPSA) is 123 Å². The number of hydrogen-bond donors (Lipinski definition) is 2. The van der Waals surface area contributed by atoms with Crippen molar-refractivity contribution in [3.05, 3.63) is 102 Å². The molecule has 0 amide bonds. The van der Waals surface area contributed by atoms with Crippen molar-refractivity contribution in [1.29, 1.82) is 0 Å². The first kappa shape index (κ1) is 32.6. The van der Waals surface area contributed by atoms with Crippen molar-refractivity contribution in [3.63, 3.8) is 0 Å². The Hall–Kier alpha value is -5.33. The lowest BCUT2D eigenvalue weighted by Crippen LogP contribution is -2.42. The molecule has 0 radical (unpaired) electrons. The van der Waals surface area contributed by atoms with Gasteiger partial charge in [0.25, 0.3) is 0 Å². The highest BCUT2D eigenvalue weighted by Crippen LogP contribution is 2.30. The number of ether oxygens (including phenoxy) is 3. The average molecular weight is 648 g/mol. The van der Waals surface area contributed by atoms with Crippen LogP contribution in [0.2, 0.25) is 0 Å². The predicted molar refractivity (Wildman–Crippen MR) is 186 cm³/mol. The summed E-state index contributed by atoms with van der Waals surface area (Å²) in [4.78, 5) is 28.6. The molecule has 5 aromatic rings. The van der Waals surface area contributed by atoms with Gasteiger partial charge < -0.3 is 29.7 Å². The summed E-state index contributed by atoms with van der Waals surface area (Å²) in [6, 6.07) is 21.9. The Bertz CT molecular complexity index is 1730. The second kappa shape index (κ2) is 15.5. The van der Waals surface area contributed by atoms with Crippen LogP contribution in [-0.4, -0.2) is 77.3 Å². The summed E-state index contributed by atoms with van der Waals surface area (Å²) in [5.41, 5.74) is 4.82. The zero-order valence-electron chi connectivity index (χ0n) is 27.8. The fourth-order valence-corrected chi connectivity index (χ4v) is 5.53. The lowest BCUT2D eigenvalue weighted by Gasteiger charge is -2.27. The molecule has 4 heterocycles. The number of nitrogens with zero attached hydrogens (tertiary/aromatic N) is 7. The Labute approximate surface area is 281 Å². The number of pyridine rings is 2. The summed E-state index contributed by atoms with van der Waals surface area (Å²) in [7, 11) is 4.93. The van der Waals surface area contributed by atoms with Gasteiger partial charge in [0.2, 0.25) is 11.8 Å². The van der Waals surface area contributed by atoms with Gasteiger partial charge in [-0.3, -0.25) is 4.90 Å². The maximum atomic E-state index is 5.39. The van der Waals surface area contributed by atoms with E-state index >= 15 is 0 Å². The number of rotatable bonds is 13. The number of nitrogens with one attached hydrogen (secondary N) is 2. The number of piperazine rings is 1. The molecule has 3 aromatic heterocycles. The minimum Gasteiger partial charge on any atom is -0.497 e. The van der Waals surface area contributed by atoms with Gasteiger partial charge in [0.05, 0.1) is 38.8 Å². The van der Waals surface area contributed by atoms with Gasteiger partial charge in [-0.1, -0.05) is 24.3 Å². The standard InChI is InChI=1S/C36H41N9O3/c1-25-40-35(32-19-28(22-44-17-15-37-16-18-44)20-39-34(32)42-29-9-14-33(48-4)38-21-29)43-36(41-25)45(23-26-5-10-30(46-2)11-6-26)24-27-7-12-31(47-3)13-8-27/h5-14,19-21,37H,15-18,22-24H2,1-4H3,(H,39,42). The molecule has 0 saturated carbocycles. The zero-order valence-corrected chi connectivity index (χ0v) is 27.8. The van der Waals surface area contributed by atoms with Gasteiger partial charge >= 0.3 is 0 Å². The highest BCUT2D eigenvalue weighted by atomic mass is 16.5. The Morgan fingerprint density at radius 1 is 0.750 bits per heavy atom. The number of benzene rings is 2. The van der Waals surface area contributed by atoms with E-state index in [1.54, 1.807) is 27.5 Å². The molecule has 248 valence electrons. The van der Waals surface area contributed by atoms with E-state index in [1.165, 1.54) is 0 Å². The van der Waals surface area contributed by atoms with Gasteiger partial charge in [-0.15, -0.1) is 0 Å². The van der Waals surface area contributed by atoms with Crippen molar-refractivity contribution in [1.82, 2.24) is 35.1 Å². The third-order valence-corrected chi connectivity index (χ3v) is 8.09. The molecule has 1 saturated heterocycles. The van der Waals surface area contributed by atoms with Gasteiger partial charge in [-0.25, -0.2) is 15.0 Å². The molecule has 1 fully saturated rings. The van der Waals surface area contributed by atoms with Crippen LogP contribution in [0.3, 0.4) is 0 Å². The first-order chi connectivity index (χ1) is 23.5. The smallest absolute Gasteiger partial charge is 0.229 e. The third-order valence-electron chi connectivity index (χ3n) is 8.09. The molecule has 0 aliphatic carbocycles. The minimum absolute atomic E-state index is 0.533. The number of aromatic nitrogens is 5. The largest absolute Gasteiger partial charge is 0.497 e. The quantitative estimate of drug-likeness (QED) is 0.178. The molecular weight excluding hydrogens is 606 g/mol. The normalized spacial score (nSPS) is 13.2. The monoisotopic (exact) mass is 647 g/mol. The van der Waals surface area contributed by atoms with Crippen LogP contribution in [0.4, 0.5) is 17.5 Å². The zero-order chi connectivity index (χ0) is 33.3. The van der Waals surface area contributed by atoms with Crippen molar-refractivity contribution in [2.24, 2.45) is 0 Å². The van der Waals surface area contributed by atoms with Crippen LogP contribution in [0.15, 0.2) is 79.1 Å². The predicted octanol–water partition coefficient (Wildman–Crippen LogP) is 5.02. The van der Waals surface area contributed by atoms with E-state index in [1.807, 2.05) is 49.5 Å². The van der Waals surface area contributed by atoms with Gasteiger partial charge in [-0.05, 0) is 60.0 Å². The van der Waals surface area contributed by atoms with Crippen LogP contribution in [0, 0.1) is 6.92 Å². The fraction of sp³-hybridized carbons (Fsp3) is 0.306. The summed E-state index contributed by atoms with van der Waals surface area (Å²) in [6.45, 7) is 7.72. The molecule has 0 atom stereocenters. The number of methoxy groups -OCH3 is 3. The van der Waals surface area contributed by atoms with E-state index in [0.29, 0.717) is 42.4 Å². The second-order valence-electron chi connectivity index (χ2n) is 11.5. The molecule has 2 N–H and O–H groups in total. The molecule has 12 heteroatoms. The fourth-order valence-electron chi connectivity index (χ4n) is 5.53. The second-order valence-corrected chi connectivity index (χ2v) is 11.5. The van der Waals surface area contributed by atoms with Crippen LogP contribution in [0.25, 0.3) is 11.4 Å². The average Bonchev–Trinajstić information content (AvgIpc) is 3.13. The van der Waals surface area contributed by atoms with Crippen molar-refractivity contribution in [2.75, 3.05) is 57.7 Å². The maximum absolute atomic E-state index is 5.39. The summed E-state index contributed by atoms with van der Waals surface area (Å²) in [5, 5.41) is 6.86. The van der Waals surface area contributed by atoms with Gasteiger partial charge in [0.1, 0.15) is 23.1 Å². The highest BCUT2D eigenvalue weighted by molar-refractivity contribution is 5.75. The molecule has 0 spiro atoms. The Balaban J connectivity index is 1.38. The van der Waals surface area contributed by atoms with E-state index in [2.05, 4.69) is 55.7 Å². The number of anilines is 3. The molecule has 0 bridgehead atoms. The first-order valence-electron chi connectivity index (χ1n) is 15.9. The van der Waals surface area contributed by atoms with Crippen molar-refractivity contribution < 1.29 is 14.2 Å². The first-order valence-corrected chi connectivity index (χ1v) is 15.9. The highest BCUT2D eigenvalue weighted by Gasteiger charge is 2.20. The van der Waals surface area contributed by atoms with Crippen molar-refractivity contribution >= 4 is 17.5 Å². The Morgan fingerprint density at radius 2 is 1.42 bits per heavy atom. The lowest BCUT2D eigenvalue weighted by atomic mass is 10.1. The van der Waals surface area contributed by atoms with E-state index < -0.39 is 0 Å². The van der Waals surface area contributed by atoms with Gasteiger partial charge in [0, 0.05) is 58.1 Å². The van der Waals surface area contributed by atoms with Crippen LogP contribution >= 0.6 is 0 Å². The Kier molecular flexibility index (Phi) is 10.5. The van der Waals surface area contributed by atoms with Crippen molar-refractivity contribution in [3.8, 4) is 28.8 Å². The Morgan fingerprint density at radius 3 is 2.00 bits per heavy atom. The molecule has 1 aliphatic rings. The molecule has 12 nitrogen and oxygen atoms in total. The van der Waals surface area contributed by atoms with E-state index in [4.69, 9.17) is 34.1 Å². The third kappa shape index (κ3) is 8.33. The molecule has 48 heavy (non-hydrogen) atoms. The molecule has 6 rings (SSSR count).